The van der Waals surface area contributed by atoms with Crippen LogP contribution in [0.3, 0.4) is 0 Å². The molecule has 0 bridgehead atoms. The van der Waals surface area contributed by atoms with Gasteiger partial charge < -0.3 is 10.1 Å². The quantitative estimate of drug-likeness (QED) is 0.321. The average Bonchev–Trinajstić information content (AvgIpc) is 2.41. The van der Waals surface area contributed by atoms with Gasteiger partial charge >= 0.3 is 0 Å². The maximum Gasteiger partial charge on any atom is 0.246 e. The first-order valence-electron chi connectivity index (χ1n) is 7.46. The first kappa shape index (κ1) is 21.6. The van der Waals surface area contributed by atoms with Crippen molar-refractivity contribution in [2.75, 3.05) is 5.75 Å². The van der Waals surface area contributed by atoms with Gasteiger partial charge in [-0.1, -0.05) is 74.3 Å². The molecule has 1 heterocycles. The van der Waals surface area contributed by atoms with E-state index < -0.39 is 15.4 Å². The fourth-order valence-corrected chi connectivity index (χ4v) is 2.51. The molecule has 0 saturated carbocycles. The Labute approximate surface area is 162 Å². The highest BCUT2D eigenvalue weighted by atomic mass is 35.6. The van der Waals surface area contributed by atoms with Crippen LogP contribution in [0.5, 0.6) is 5.88 Å². The molecule has 0 saturated heterocycles. The van der Waals surface area contributed by atoms with E-state index in [9.17, 15) is 4.79 Å². The highest BCUT2D eigenvalue weighted by molar-refractivity contribution is 7.99. The zero-order valence-corrected chi connectivity index (χ0v) is 17.4. The lowest BCUT2D eigenvalue weighted by Gasteiger charge is -2.29. The third-order valence-corrected chi connectivity index (χ3v) is 4.37. The summed E-state index contributed by atoms with van der Waals surface area (Å²) < 4.78 is 3.80. The van der Waals surface area contributed by atoms with Crippen LogP contribution in [0.15, 0.2) is 11.2 Å². The van der Waals surface area contributed by atoms with Crippen LogP contribution in [0.4, 0.5) is 0 Å². The molecule has 1 aromatic heterocycles. The molecule has 0 aromatic carbocycles. The van der Waals surface area contributed by atoms with Crippen molar-refractivity contribution < 1.29 is 9.53 Å². The Kier molecular flexibility index (Phi) is 7.91. The van der Waals surface area contributed by atoms with Gasteiger partial charge in [0.05, 0.1) is 0 Å². The number of ether oxygens (including phenoxy) is 1. The van der Waals surface area contributed by atoms with E-state index in [1.807, 2.05) is 6.92 Å². The van der Waals surface area contributed by atoms with E-state index in [1.165, 1.54) is 11.8 Å². The van der Waals surface area contributed by atoms with E-state index in [1.54, 1.807) is 26.8 Å². The molecule has 0 aliphatic rings. The highest BCUT2D eigenvalue weighted by Crippen LogP contribution is 2.32. The number of nitrogens with one attached hydrogen (secondary N) is 1. The number of rotatable bonds is 6. The summed E-state index contributed by atoms with van der Waals surface area (Å²) in [6, 6.07) is 1.63. The van der Waals surface area contributed by atoms with Gasteiger partial charge in [-0.25, -0.2) is 4.98 Å². The van der Waals surface area contributed by atoms with E-state index in [0.29, 0.717) is 5.16 Å². The molecule has 136 valence electrons. The molecular formula is C15H22Cl3N3O2S. The molecule has 0 aliphatic carbocycles. The normalized spacial score (nSPS) is 13.5. The molecule has 9 heteroatoms. The number of amides is 1. The number of carbonyl (C=O) groups excluding carboxylic acids is 1. The number of nitrogens with zero attached hydrogens (tertiary/aromatic N) is 2. The summed E-state index contributed by atoms with van der Waals surface area (Å²) in [7, 11) is 0. The monoisotopic (exact) mass is 413 g/mol. The standard InChI is InChI=1S/C15H22Cl3N3O2S/c1-6-7-24-13-19-9(2)8-10(20-13)23-12(15(16,17)18)21-11(22)14(3,4)5/h8,12H,6-7H2,1-5H3,(H,21,22). The minimum absolute atomic E-state index is 0.242. The number of halogens is 3. The van der Waals surface area contributed by atoms with Crippen molar-refractivity contribution in [1.82, 2.24) is 15.3 Å². The Bertz CT molecular complexity index is 574. The van der Waals surface area contributed by atoms with Gasteiger partial charge in [0.25, 0.3) is 0 Å². The second-order valence-corrected chi connectivity index (χ2v) is 9.67. The van der Waals surface area contributed by atoms with E-state index in [4.69, 9.17) is 39.5 Å². The Balaban J connectivity index is 2.98. The molecular weight excluding hydrogens is 393 g/mol. The predicted octanol–water partition coefficient (Wildman–Crippen LogP) is 4.52. The van der Waals surface area contributed by atoms with Gasteiger partial charge in [0.2, 0.25) is 21.8 Å². The SMILES string of the molecule is CCCSc1nc(C)cc(OC(NC(=O)C(C)(C)C)C(Cl)(Cl)Cl)n1. The summed E-state index contributed by atoms with van der Waals surface area (Å²) in [4.78, 5) is 20.8. The minimum Gasteiger partial charge on any atom is -0.449 e. The zero-order valence-electron chi connectivity index (χ0n) is 14.3. The third kappa shape index (κ3) is 7.21. The lowest BCUT2D eigenvalue weighted by atomic mass is 9.96. The summed E-state index contributed by atoms with van der Waals surface area (Å²) in [5.74, 6) is 0.828. The molecule has 0 spiro atoms. The molecule has 1 unspecified atom stereocenters. The highest BCUT2D eigenvalue weighted by Gasteiger charge is 2.38. The Morgan fingerprint density at radius 1 is 1.33 bits per heavy atom. The molecule has 1 N–H and O–H groups in total. The van der Waals surface area contributed by atoms with Crippen molar-refractivity contribution >= 4 is 52.5 Å². The fraction of sp³-hybridized carbons (Fsp3) is 0.667. The fourth-order valence-electron chi connectivity index (χ4n) is 1.47. The first-order chi connectivity index (χ1) is 10.9. The summed E-state index contributed by atoms with van der Waals surface area (Å²) in [5.41, 5.74) is 0.0742. The smallest absolute Gasteiger partial charge is 0.246 e. The van der Waals surface area contributed by atoms with Crippen LogP contribution in [0, 0.1) is 12.3 Å². The van der Waals surface area contributed by atoms with Crippen LogP contribution >= 0.6 is 46.6 Å². The number of aromatic nitrogens is 2. The molecule has 5 nitrogen and oxygen atoms in total. The van der Waals surface area contributed by atoms with E-state index in [2.05, 4.69) is 22.2 Å². The predicted molar refractivity (Wildman–Crippen MR) is 100 cm³/mol. The number of carbonyl (C=O) groups is 1. The molecule has 0 radical (unpaired) electrons. The van der Waals surface area contributed by atoms with Gasteiger partial charge in [-0.2, -0.15) is 4.98 Å². The molecule has 1 atom stereocenters. The largest absolute Gasteiger partial charge is 0.449 e. The van der Waals surface area contributed by atoms with Crippen LogP contribution in [-0.2, 0) is 4.79 Å². The molecule has 24 heavy (non-hydrogen) atoms. The van der Waals surface area contributed by atoms with Gasteiger partial charge in [0.1, 0.15) is 0 Å². The van der Waals surface area contributed by atoms with E-state index in [0.717, 1.165) is 17.9 Å². The lowest BCUT2D eigenvalue weighted by Crippen LogP contribution is -2.51. The van der Waals surface area contributed by atoms with Crippen LogP contribution in [0.1, 0.15) is 39.8 Å². The van der Waals surface area contributed by atoms with Gasteiger partial charge in [0.15, 0.2) is 5.16 Å². The van der Waals surface area contributed by atoms with Gasteiger partial charge in [0, 0.05) is 22.9 Å². The van der Waals surface area contributed by atoms with Crippen LogP contribution < -0.4 is 10.1 Å². The lowest BCUT2D eigenvalue weighted by molar-refractivity contribution is -0.131. The van der Waals surface area contributed by atoms with Gasteiger partial charge in [-0.15, -0.1) is 0 Å². The topological polar surface area (TPSA) is 64.1 Å². The van der Waals surface area contributed by atoms with Crippen molar-refractivity contribution in [3.8, 4) is 5.88 Å². The van der Waals surface area contributed by atoms with E-state index >= 15 is 0 Å². The van der Waals surface area contributed by atoms with Crippen molar-refractivity contribution in [2.45, 2.75) is 56.2 Å². The van der Waals surface area contributed by atoms with Gasteiger partial charge in [-0.05, 0) is 13.3 Å². The second-order valence-electron chi connectivity index (χ2n) is 6.24. The minimum atomic E-state index is -1.85. The average molecular weight is 415 g/mol. The number of hydrogen-bond donors (Lipinski definition) is 1. The second kappa shape index (κ2) is 8.79. The number of alkyl halides is 3. The molecule has 0 fully saturated rings. The summed E-state index contributed by atoms with van der Waals surface area (Å²) in [6.07, 6.45) is -0.177. The molecule has 1 amide bonds. The van der Waals surface area contributed by atoms with Crippen molar-refractivity contribution in [2.24, 2.45) is 5.41 Å². The summed E-state index contributed by atoms with van der Waals surface area (Å²) in [6.45, 7) is 9.16. The zero-order chi connectivity index (χ0) is 18.5. The molecule has 0 aliphatic heterocycles. The number of aryl methyl sites for hydroxylation is 1. The summed E-state index contributed by atoms with van der Waals surface area (Å²) >= 11 is 19.4. The Morgan fingerprint density at radius 3 is 2.46 bits per heavy atom. The number of hydrogen-bond acceptors (Lipinski definition) is 5. The maximum atomic E-state index is 12.2. The van der Waals surface area contributed by atoms with Crippen LogP contribution in [0.2, 0.25) is 0 Å². The molecule has 1 aromatic rings. The van der Waals surface area contributed by atoms with Crippen LogP contribution in [0.25, 0.3) is 0 Å². The molecule has 1 rings (SSSR count). The Morgan fingerprint density at radius 2 is 1.96 bits per heavy atom. The van der Waals surface area contributed by atoms with Crippen molar-refractivity contribution in [3.63, 3.8) is 0 Å². The summed E-state index contributed by atoms with van der Waals surface area (Å²) in [5, 5.41) is 3.18. The Hall–Kier alpha value is -0.430. The van der Waals surface area contributed by atoms with Crippen molar-refractivity contribution in [3.05, 3.63) is 11.8 Å². The first-order valence-corrected chi connectivity index (χ1v) is 9.58. The number of thioether (sulfide) groups is 1. The van der Waals surface area contributed by atoms with Gasteiger partial charge in [-0.3, -0.25) is 4.79 Å². The maximum absolute atomic E-state index is 12.2. The van der Waals surface area contributed by atoms with Crippen molar-refractivity contribution in [1.29, 1.82) is 0 Å². The van der Waals surface area contributed by atoms with Crippen LogP contribution in [-0.4, -0.2) is 31.6 Å². The van der Waals surface area contributed by atoms with E-state index in [-0.39, 0.29) is 11.8 Å². The third-order valence-electron chi connectivity index (χ3n) is 2.72.